The SMILES string of the molecule is CCC(C=C(C)C)=NC(N)=Nc1cnn(C2CC2(F)F)c1Cl. The van der Waals surface area contributed by atoms with Gasteiger partial charge < -0.3 is 5.73 Å². The van der Waals surface area contributed by atoms with Crippen molar-refractivity contribution in [3.63, 3.8) is 0 Å². The summed E-state index contributed by atoms with van der Waals surface area (Å²) in [5.41, 5.74) is 7.87. The van der Waals surface area contributed by atoms with E-state index in [9.17, 15) is 8.78 Å². The molecule has 1 fully saturated rings. The third-order valence-corrected chi connectivity index (χ3v) is 3.48. The first-order valence-corrected chi connectivity index (χ1v) is 7.30. The van der Waals surface area contributed by atoms with Crippen LogP contribution in [0, 0.1) is 0 Å². The molecule has 120 valence electrons. The van der Waals surface area contributed by atoms with Crippen LogP contribution in [0.3, 0.4) is 0 Å². The van der Waals surface area contributed by atoms with Crippen LogP contribution in [-0.2, 0) is 0 Å². The van der Waals surface area contributed by atoms with E-state index in [0.29, 0.717) is 6.42 Å². The molecular weight excluding hydrogens is 312 g/mol. The fourth-order valence-corrected chi connectivity index (χ4v) is 2.19. The Morgan fingerprint density at radius 3 is 2.73 bits per heavy atom. The summed E-state index contributed by atoms with van der Waals surface area (Å²) in [7, 11) is 0. The molecule has 0 bridgehead atoms. The van der Waals surface area contributed by atoms with Gasteiger partial charge in [0.15, 0.2) is 5.15 Å². The van der Waals surface area contributed by atoms with Gasteiger partial charge in [-0.15, -0.1) is 0 Å². The van der Waals surface area contributed by atoms with Crippen molar-refractivity contribution in [2.24, 2.45) is 15.7 Å². The number of halogens is 3. The number of alkyl halides is 2. The predicted molar refractivity (Wildman–Crippen MR) is 84.3 cm³/mol. The van der Waals surface area contributed by atoms with Gasteiger partial charge in [0.2, 0.25) is 5.96 Å². The molecule has 2 N–H and O–H groups in total. The van der Waals surface area contributed by atoms with Crippen molar-refractivity contribution in [3.8, 4) is 0 Å². The van der Waals surface area contributed by atoms with Crippen molar-refractivity contribution in [2.75, 3.05) is 0 Å². The average Bonchev–Trinajstić information content (AvgIpc) is 2.89. The van der Waals surface area contributed by atoms with Crippen molar-refractivity contribution in [1.29, 1.82) is 0 Å². The second-order valence-corrected chi connectivity index (χ2v) is 5.75. The molecular formula is C14H18ClF2N5. The molecule has 0 aliphatic heterocycles. The normalized spacial score (nSPS) is 20.9. The molecule has 0 saturated heterocycles. The number of aliphatic imine (C=N–C) groups is 2. The molecule has 1 aromatic rings. The highest BCUT2D eigenvalue weighted by Crippen LogP contribution is 2.53. The van der Waals surface area contributed by atoms with Crippen LogP contribution in [0.25, 0.3) is 0 Å². The second kappa shape index (κ2) is 6.16. The molecule has 0 amide bonds. The standard InChI is InChI=1S/C14H18ClF2N5/c1-4-9(5-8(2)3)20-13(18)21-10-7-19-22(12(10)15)11-6-14(11,16)17/h5,7,11H,4,6H2,1-3H3,(H2,18,21). The molecule has 1 saturated carbocycles. The van der Waals surface area contributed by atoms with Gasteiger partial charge in [0.25, 0.3) is 5.92 Å². The van der Waals surface area contributed by atoms with E-state index in [-0.39, 0.29) is 23.2 Å². The van der Waals surface area contributed by atoms with E-state index in [1.165, 1.54) is 6.20 Å². The maximum absolute atomic E-state index is 13.1. The van der Waals surface area contributed by atoms with Crippen molar-refractivity contribution in [2.45, 2.75) is 45.6 Å². The molecule has 22 heavy (non-hydrogen) atoms. The minimum atomic E-state index is -2.75. The number of hydrogen-bond acceptors (Lipinski definition) is 2. The van der Waals surface area contributed by atoms with Crippen LogP contribution in [0.5, 0.6) is 0 Å². The van der Waals surface area contributed by atoms with Crippen molar-refractivity contribution < 1.29 is 8.78 Å². The maximum Gasteiger partial charge on any atom is 0.272 e. The van der Waals surface area contributed by atoms with Crippen molar-refractivity contribution in [1.82, 2.24) is 9.78 Å². The number of nitrogens with two attached hydrogens (primary N) is 1. The third kappa shape index (κ3) is 3.71. The largest absolute Gasteiger partial charge is 0.368 e. The van der Waals surface area contributed by atoms with Gasteiger partial charge in [0, 0.05) is 12.1 Å². The van der Waals surface area contributed by atoms with Crippen molar-refractivity contribution in [3.05, 3.63) is 23.0 Å². The van der Waals surface area contributed by atoms with E-state index in [0.717, 1.165) is 16.0 Å². The first-order valence-electron chi connectivity index (χ1n) is 6.92. The lowest BCUT2D eigenvalue weighted by Gasteiger charge is -2.01. The van der Waals surface area contributed by atoms with Crippen LogP contribution in [0.15, 0.2) is 27.8 Å². The summed E-state index contributed by atoms with van der Waals surface area (Å²) in [6, 6.07) is -0.995. The summed E-state index contributed by atoms with van der Waals surface area (Å²) in [5, 5.41) is 3.90. The zero-order valence-corrected chi connectivity index (χ0v) is 13.4. The molecule has 2 rings (SSSR count). The monoisotopic (exact) mass is 329 g/mol. The molecule has 0 radical (unpaired) electrons. The fourth-order valence-electron chi connectivity index (χ4n) is 1.94. The van der Waals surface area contributed by atoms with Gasteiger partial charge >= 0.3 is 0 Å². The zero-order valence-electron chi connectivity index (χ0n) is 12.6. The molecule has 0 aromatic carbocycles. The Kier molecular flexibility index (Phi) is 4.65. The highest BCUT2D eigenvalue weighted by atomic mass is 35.5. The fraction of sp³-hybridized carbons (Fsp3) is 0.500. The van der Waals surface area contributed by atoms with Gasteiger partial charge in [0.05, 0.1) is 6.20 Å². The van der Waals surface area contributed by atoms with Crippen LogP contribution in [0.1, 0.15) is 39.7 Å². The lowest BCUT2D eigenvalue weighted by molar-refractivity contribution is 0.0984. The topological polar surface area (TPSA) is 68.6 Å². The summed E-state index contributed by atoms with van der Waals surface area (Å²) >= 11 is 6.03. The van der Waals surface area contributed by atoms with Gasteiger partial charge in [-0.25, -0.2) is 23.4 Å². The number of nitrogens with zero attached hydrogens (tertiary/aromatic N) is 4. The van der Waals surface area contributed by atoms with Gasteiger partial charge in [0.1, 0.15) is 11.7 Å². The van der Waals surface area contributed by atoms with E-state index < -0.39 is 12.0 Å². The average molecular weight is 330 g/mol. The Bertz CT molecular complexity index is 656. The van der Waals surface area contributed by atoms with Crippen LogP contribution in [0.2, 0.25) is 5.15 Å². The van der Waals surface area contributed by atoms with E-state index >= 15 is 0 Å². The highest BCUT2D eigenvalue weighted by Gasteiger charge is 2.59. The van der Waals surface area contributed by atoms with Gasteiger partial charge in [-0.2, -0.15) is 5.10 Å². The molecule has 1 aliphatic rings. The minimum absolute atomic E-state index is 0.0124. The quantitative estimate of drug-likeness (QED) is 0.672. The predicted octanol–water partition coefficient (Wildman–Crippen LogP) is 3.88. The molecule has 8 heteroatoms. The lowest BCUT2D eigenvalue weighted by atomic mass is 10.2. The summed E-state index contributed by atoms with van der Waals surface area (Å²) < 4.78 is 27.2. The summed E-state index contributed by atoms with van der Waals surface area (Å²) in [6.07, 6.45) is 3.65. The van der Waals surface area contributed by atoms with E-state index in [2.05, 4.69) is 15.1 Å². The molecule has 1 atom stereocenters. The Labute approximate surface area is 132 Å². The number of allylic oxidation sites excluding steroid dienone is 2. The third-order valence-electron chi connectivity index (χ3n) is 3.12. The number of hydrogen-bond donors (Lipinski definition) is 1. The Balaban J connectivity index is 2.22. The van der Waals surface area contributed by atoms with E-state index in [1.54, 1.807) is 0 Å². The molecule has 1 aliphatic carbocycles. The Morgan fingerprint density at radius 1 is 1.59 bits per heavy atom. The molecule has 5 nitrogen and oxygen atoms in total. The first-order chi connectivity index (χ1) is 10.2. The molecule has 1 aromatic heterocycles. The summed E-state index contributed by atoms with van der Waals surface area (Å²) in [5.74, 6) is -2.74. The van der Waals surface area contributed by atoms with Gasteiger partial charge in [-0.05, 0) is 26.3 Å². The minimum Gasteiger partial charge on any atom is -0.368 e. The van der Waals surface area contributed by atoms with Crippen molar-refractivity contribution >= 4 is 29.0 Å². The number of aromatic nitrogens is 2. The zero-order chi connectivity index (χ0) is 16.5. The Morgan fingerprint density at radius 2 is 2.23 bits per heavy atom. The molecule has 0 spiro atoms. The molecule has 1 heterocycles. The number of guanidine groups is 1. The smallest absolute Gasteiger partial charge is 0.272 e. The number of rotatable bonds is 4. The van der Waals surface area contributed by atoms with Crippen LogP contribution in [-0.4, -0.2) is 27.4 Å². The lowest BCUT2D eigenvalue weighted by Crippen LogP contribution is -2.10. The maximum atomic E-state index is 13.1. The van der Waals surface area contributed by atoms with Crippen LogP contribution >= 0.6 is 11.6 Å². The summed E-state index contributed by atoms with van der Waals surface area (Å²) in [4.78, 5) is 8.24. The van der Waals surface area contributed by atoms with Crippen LogP contribution in [0.4, 0.5) is 14.5 Å². The van der Waals surface area contributed by atoms with Crippen LogP contribution < -0.4 is 5.73 Å². The van der Waals surface area contributed by atoms with Gasteiger partial charge in [-0.1, -0.05) is 24.1 Å². The first kappa shape index (κ1) is 16.6. The van der Waals surface area contributed by atoms with Gasteiger partial charge in [-0.3, -0.25) is 0 Å². The Hall–Kier alpha value is -1.76. The van der Waals surface area contributed by atoms with E-state index in [1.807, 2.05) is 26.8 Å². The highest BCUT2D eigenvalue weighted by molar-refractivity contribution is 6.32. The summed E-state index contributed by atoms with van der Waals surface area (Å²) in [6.45, 7) is 5.86. The second-order valence-electron chi connectivity index (χ2n) is 5.39. The molecule has 1 unspecified atom stereocenters. The van der Waals surface area contributed by atoms with E-state index in [4.69, 9.17) is 17.3 Å².